The van der Waals surface area contributed by atoms with E-state index < -0.39 is 0 Å². The number of hydrogen-bond donors (Lipinski definition) is 4. The Labute approximate surface area is 124 Å². The molecule has 0 bridgehead atoms. The Morgan fingerprint density at radius 2 is 2.14 bits per heavy atom. The molecule has 0 atom stereocenters. The molecule has 22 heavy (non-hydrogen) atoms. The number of aromatic nitrogens is 5. The summed E-state index contributed by atoms with van der Waals surface area (Å²) in [6.07, 6.45) is 1.40. The number of nitrogens with one attached hydrogen (secondary N) is 2. The summed E-state index contributed by atoms with van der Waals surface area (Å²) in [5.74, 6) is 0.578. The lowest BCUT2D eigenvalue weighted by Gasteiger charge is -1.98. The minimum atomic E-state index is 0.214. The van der Waals surface area contributed by atoms with Gasteiger partial charge in [0.2, 0.25) is 0 Å². The number of anilines is 1. The molecular formula is C14H13N7O. The van der Waals surface area contributed by atoms with Crippen LogP contribution in [0.15, 0.2) is 30.6 Å². The lowest BCUT2D eigenvalue weighted by molar-refractivity contribution is 0.476. The van der Waals surface area contributed by atoms with Crippen LogP contribution in [0.5, 0.6) is 5.75 Å². The number of benzene rings is 1. The summed E-state index contributed by atoms with van der Waals surface area (Å²) in [7, 11) is 1.75. The highest BCUT2D eigenvalue weighted by molar-refractivity contribution is 6.00. The summed E-state index contributed by atoms with van der Waals surface area (Å²) in [6.45, 7) is 0. The van der Waals surface area contributed by atoms with Crippen molar-refractivity contribution in [2.24, 2.45) is 0 Å². The average Bonchev–Trinajstić information content (AvgIpc) is 3.08. The molecule has 0 saturated heterocycles. The molecule has 0 spiro atoms. The number of rotatable bonds is 2. The van der Waals surface area contributed by atoms with Gasteiger partial charge in [0.1, 0.15) is 23.6 Å². The summed E-state index contributed by atoms with van der Waals surface area (Å²) in [6, 6.07) is 7.03. The van der Waals surface area contributed by atoms with Gasteiger partial charge in [-0.3, -0.25) is 0 Å². The maximum Gasteiger partial charge on any atom is 0.186 e. The molecule has 4 aromatic rings. The smallest absolute Gasteiger partial charge is 0.186 e. The van der Waals surface area contributed by atoms with Crippen LogP contribution in [0.2, 0.25) is 0 Å². The first-order valence-electron chi connectivity index (χ1n) is 6.66. The summed E-state index contributed by atoms with van der Waals surface area (Å²) in [4.78, 5) is 13.1. The molecule has 0 amide bonds. The van der Waals surface area contributed by atoms with Crippen LogP contribution in [-0.4, -0.2) is 37.0 Å². The van der Waals surface area contributed by atoms with Crippen LogP contribution < -0.4 is 11.2 Å². The highest BCUT2D eigenvalue weighted by Gasteiger charge is 2.18. The molecule has 0 aliphatic heterocycles. The standard InChI is InChI=1S/C14H13N7O/c1-16-21-14-11(13(15)17-6-18-14)12(20-21)10-5-7-4-8(22)2-3-9(7)19-10/h2-6,16,19,22H,1H3,(H2,15,17,18). The highest BCUT2D eigenvalue weighted by Crippen LogP contribution is 2.31. The van der Waals surface area contributed by atoms with Gasteiger partial charge in [-0.2, -0.15) is 4.79 Å². The van der Waals surface area contributed by atoms with Gasteiger partial charge in [-0.25, -0.2) is 9.97 Å². The fourth-order valence-electron chi connectivity index (χ4n) is 2.57. The molecule has 110 valence electrons. The first-order chi connectivity index (χ1) is 10.7. The van der Waals surface area contributed by atoms with Crippen molar-refractivity contribution < 1.29 is 5.11 Å². The molecule has 0 fully saturated rings. The van der Waals surface area contributed by atoms with Crippen molar-refractivity contribution in [3.05, 3.63) is 30.6 Å². The number of phenolic OH excluding ortho intramolecular Hbond substituents is 1. The largest absolute Gasteiger partial charge is 0.508 e. The predicted molar refractivity (Wildman–Crippen MR) is 84.0 cm³/mol. The quantitative estimate of drug-likeness (QED) is 0.444. The van der Waals surface area contributed by atoms with Crippen molar-refractivity contribution >= 4 is 27.8 Å². The lowest BCUT2D eigenvalue weighted by atomic mass is 10.2. The number of nitrogens with two attached hydrogens (primary N) is 1. The highest BCUT2D eigenvalue weighted by atomic mass is 16.3. The normalized spacial score (nSPS) is 11.3. The number of phenols is 1. The average molecular weight is 295 g/mol. The van der Waals surface area contributed by atoms with E-state index in [-0.39, 0.29) is 5.75 Å². The van der Waals surface area contributed by atoms with Gasteiger partial charge < -0.3 is 21.2 Å². The maximum absolute atomic E-state index is 9.58. The molecule has 8 nitrogen and oxygen atoms in total. The molecule has 3 aromatic heterocycles. The number of fused-ring (bicyclic) bond motifs is 2. The second kappa shape index (κ2) is 4.35. The minimum absolute atomic E-state index is 0.214. The number of hydrogen-bond acceptors (Lipinski definition) is 6. The summed E-state index contributed by atoms with van der Waals surface area (Å²) >= 11 is 0. The summed E-state index contributed by atoms with van der Waals surface area (Å²) in [5.41, 5.74) is 11.9. The van der Waals surface area contributed by atoms with Crippen LogP contribution in [0.25, 0.3) is 33.3 Å². The zero-order valence-electron chi connectivity index (χ0n) is 11.7. The molecule has 8 heteroatoms. The second-order valence-corrected chi connectivity index (χ2v) is 4.90. The van der Waals surface area contributed by atoms with Crippen LogP contribution >= 0.6 is 0 Å². The van der Waals surface area contributed by atoms with Crippen molar-refractivity contribution in [2.45, 2.75) is 0 Å². The van der Waals surface area contributed by atoms with Crippen LogP contribution in [0.1, 0.15) is 0 Å². The SMILES string of the molecule is CNn1nc(-c2cc3cc(O)ccc3[nH]2)c2c(N)ncnc21. The van der Waals surface area contributed by atoms with Crippen molar-refractivity contribution in [1.82, 2.24) is 24.8 Å². The van der Waals surface area contributed by atoms with E-state index in [1.807, 2.05) is 12.1 Å². The lowest BCUT2D eigenvalue weighted by Crippen LogP contribution is -2.11. The number of nitrogen functional groups attached to an aromatic ring is 1. The van der Waals surface area contributed by atoms with Crippen LogP contribution in [-0.2, 0) is 0 Å². The van der Waals surface area contributed by atoms with Crippen LogP contribution in [0.3, 0.4) is 0 Å². The third-order valence-electron chi connectivity index (χ3n) is 3.57. The molecule has 3 heterocycles. The summed E-state index contributed by atoms with van der Waals surface area (Å²) < 4.78 is 0. The van der Waals surface area contributed by atoms with E-state index >= 15 is 0 Å². The Morgan fingerprint density at radius 3 is 2.95 bits per heavy atom. The van der Waals surface area contributed by atoms with Gasteiger partial charge in [-0.15, -0.1) is 5.10 Å². The minimum Gasteiger partial charge on any atom is -0.508 e. The third-order valence-corrected chi connectivity index (χ3v) is 3.57. The number of H-pyrrole nitrogens is 1. The Bertz CT molecular complexity index is 1000. The predicted octanol–water partition coefficient (Wildman–Crippen LogP) is 1.44. The Balaban J connectivity index is 2.03. The molecule has 0 aliphatic rings. The Hall–Kier alpha value is -3.29. The van der Waals surface area contributed by atoms with E-state index in [2.05, 4.69) is 25.5 Å². The molecule has 1 aromatic carbocycles. The molecular weight excluding hydrogens is 282 g/mol. The van der Waals surface area contributed by atoms with E-state index in [9.17, 15) is 5.11 Å². The van der Waals surface area contributed by atoms with Crippen molar-refractivity contribution in [3.63, 3.8) is 0 Å². The molecule has 5 N–H and O–H groups in total. The molecule has 4 rings (SSSR count). The monoisotopic (exact) mass is 295 g/mol. The first-order valence-corrected chi connectivity index (χ1v) is 6.66. The number of aromatic amines is 1. The molecule has 0 unspecified atom stereocenters. The zero-order valence-corrected chi connectivity index (χ0v) is 11.7. The fraction of sp³-hybridized carbons (Fsp3) is 0.0714. The van der Waals surface area contributed by atoms with Crippen molar-refractivity contribution in [3.8, 4) is 17.1 Å². The maximum atomic E-state index is 9.58. The topological polar surface area (TPSA) is 118 Å². The van der Waals surface area contributed by atoms with E-state index in [0.29, 0.717) is 22.5 Å². The van der Waals surface area contributed by atoms with Gasteiger partial charge in [0.15, 0.2) is 5.65 Å². The van der Waals surface area contributed by atoms with Crippen molar-refractivity contribution in [2.75, 3.05) is 18.2 Å². The zero-order chi connectivity index (χ0) is 15.3. The van der Waals surface area contributed by atoms with Gasteiger partial charge in [0.05, 0.1) is 11.1 Å². The van der Waals surface area contributed by atoms with Gasteiger partial charge in [-0.1, -0.05) is 0 Å². The molecule has 0 saturated carbocycles. The third kappa shape index (κ3) is 1.67. The van der Waals surface area contributed by atoms with E-state index in [1.165, 1.54) is 6.33 Å². The van der Waals surface area contributed by atoms with Crippen LogP contribution in [0, 0.1) is 0 Å². The van der Waals surface area contributed by atoms with Gasteiger partial charge in [-0.05, 0) is 24.3 Å². The van der Waals surface area contributed by atoms with Gasteiger partial charge >= 0.3 is 0 Å². The van der Waals surface area contributed by atoms with Crippen molar-refractivity contribution in [1.29, 1.82) is 0 Å². The fourth-order valence-corrected chi connectivity index (χ4v) is 2.57. The van der Waals surface area contributed by atoms with E-state index in [0.717, 1.165) is 16.6 Å². The van der Waals surface area contributed by atoms with E-state index in [1.54, 1.807) is 24.0 Å². The number of aromatic hydroxyl groups is 1. The number of nitrogens with zero attached hydrogens (tertiary/aromatic N) is 4. The molecule has 0 radical (unpaired) electrons. The first kappa shape index (κ1) is 12.5. The van der Waals surface area contributed by atoms with Gasteiger partial charge in [0, 0.05) is 18.0 Å². The second-order valence-electron chi connectivity index (χ2n) is 4.90. The van der Waals surface area contributed by atoms with Crippen LogP contribution in [0.4, 0.5) is 5.82 Å². The Morgan fingerprint density at radius 1 is 1.27 bits per heavy atom. The Kier molecular flexibility index (Phi) is 2.46. The van der Waals surface area contributed by atoms with E-state index in [4.69, 9.17) is 5.73 Å². The van der Waals surface area contributed by atoms with Gasteiger partial charge in [0.25, 0.3) is 0 Å². The molecule has 0 aliphatic carbocycles. The summed E-state index contributed by atoms with van der Waals surface area (Å²) in [5, 5.41) is 15.6.